The molecule has 10 heteroatoms. The van der Waals surface area contributed by atoms with Crippen molar-refractivity contribution < 1.29 is 34.7 Å². The maximum absolute atomic E-state index is 12.0. The van der Waals surface area contributed by atoms with Crippen LogP contribution in [0.25, 0.3) is 0 Å². The molecule has 0 saturated heterocycles. The number of hydrogen-bond acceptors (Lipinski definition) is 8. The van der Waals surface area contributed by atoms with Gasteiger partial charge in [0.2, 0.25) is 0 Å². The monoisotopic (exact) mass is 402 g/mol. The summed E-state index contributed by atoms with van der Waals surface area (Å²) in [6.07, 6.45) is 6.77. The van der Waals surface area contributed by atoms with E-state index in [2.05, 4.69) is 11.1 Å². The van der Waals surface area contributed by atoms with E-state index in [1.807, 2.05) is 0 Å². The highest BCUT2D eigenvalue weighted by atomic mass is 32.2. The van der Waals surface area contributed by atoms with Crippen LogP contribution < -0.4 is 0 Å². The second-order valence-corrected chi connectivity index (χ2v) is 9.14. The number of carbonyl (C=O) groups excluding carboxylic acids is 1. The van der Waals surface area contributed by atoms with E-state index in [9.17, 15) is 21.6 Å². The molecule has 0 N–H and O–H groups in total. The predicted molar refractivity (Wildman–Crippen MR) is 94.1 cm³/mol. The molecule has 0 aromatic rings. The molecule has 25 heavy (non-hydrogen) atoms. The second kappa shape index (κ2) is 12.6. The minimum Gasteiger partial charge on any atom is -0.464 e. The van der Waals surface area contributed by atoms with E-state index in [1.165, 1.54) is 6.42 Å². The summed E-state index contributed by atoms with van der Waals surface area (Å²) in [5, 5.41) is 0. The van der Waals surface area contributed by atoms with Crippen LogP contribution in [0.1, 0.15) is 58.3 Å². The quantitative estimate of drug-likeness (QED) is 0.232. The highest BCUT2D eigenvalue weighted by molar-refractivity contribution is 7.86. The van der Waals surface area contributed by atoms with E-state index in [1.54, 1.807) is 0 Å². The largest absolute Gasteiger partial charge is 0.464 e. The van der Waals surface area contributed by atoms with Crippen LogP contribution in [-0.2, 0) is 38.1 Å². The topological polar surface area (TPSA) is 113 Å². The molecule has 0 amide bonds. The van der Waals surface area contributed by atoms with Crippen LogP contribution in [0, 0.1) is 0 Å². The van der Waals surface area contributed by atoms with Gasteiger partial charge in [0.05, 0.1) is 25.7 Å². The zero-order valence-corrected chi connectivity index (χ0v) is 16.9. The molecule has 0 radical (unpaired) electrons. The molecule has 8 nitrogen and oxygen atoms in total. The van der Waals surface area contributed by atoms with Crippen molar-refractivity contribution in [1.82, 2.24) is 0 Å². The first kappa shape index (κ1) is 24.3. The minimum atomic E-state index is -3.84. The van der Waals surface area contributed by atoms with Gasteiger partial charge in [-0.1, -0.05) is 39.0 Å². The van der Waals surface area contributed by atoms with Gasteiger partial charge in [-0.25, -0.2) is 4.79 Å². The molecule has 0 saturated carbocycles. The first-order valence-corrected chi connectivity index (χ1v) is 12.1. The standard InChI is InChI=1S/C15H30O8S2/c1-4-5-6-7-8-9-12-21-15(16)14(23-25(3,19)20)11-10-13-22-24(2,17)18/h14H,4-13H2,1-3H3. The van der Waals surface area contributed by atoms with E-state index in [0.717, 1.165) is 38.2 Å². The number of hydrogen-bond donors (Lipinski definition) is 0. The molecule has 0 heterocycles. The molecule has 1 unspecified atom stereocenters. The number of esters is 1. The van der Waals surface area contributed by atoms with Crippen molar-refractivity contribution in [2.24, 2.45) is 0 Å². The third-order valence-electron chi connectivity index (χ3n) is 3.20. The molecule has 0 aromatic carbocycles. The molecule has 0 aromatic heterocycles. The summed E-state index contributed by atoms with van der Waals surface area (Å²) in [4.78, 5) is 12.0. The molecular formula is C15H30O8S2. The second-order valence-electron chi connectivity index (χ2n) is 5.89. The maximum atomic E-state index is 12.0. The van der Waals surface area contributed by atoms with Crippen LogP contribution in [0.15, 0.2) is 0 Å². The Morgan fingerprint density at radius 2 is 1.44 bits per heavy atom. The Kier molecular flexibility index (Phi) is 12.3. The van der Waals surface area contributed by atoms with Gasteiger partial charge in [0.1, 0.15) is 0 Å². The van der Waals surface area contributed by atoms with Crippen molar-refractivity contribution in [2.45, 2.75) is 64.4 Å². The lowest BCUT2D eigenvalue weighted by atomic mass is 10.1. The number of ether oxygens (including phenoxy) is 1. The van der Waals surface area contributed by atoms with Crippen LogP contribution in [0.3, 0.4) is 0 Å². The molecule has 1 atom stereocenters. The minimum absolute atomic E-state index is 0.0159. The summed E-state index contributed by atoms with van der Waals surface area (Å²) in [5.74, 6) is -0.765. The first-order chi connectivity index (χ1) is 11.5. The molecule has 0 fully saturated rings. The molecule has 0 aliphatic rings. The van der Waals surface area contributed by atoms with Crippen molar-refractivity contribution in [3.63, 3.8) is 0 Å². The summed E-state index contributed by atoms with van der Waals surface area (Å²) in [7, 11) is -7.42. The van der Waals surface area contributed by atoms with Crippen molar-refractivity contribution in [3.05, 3.63) is 0 Å². The lowest BCUT2D eigenvalue weighted by molar-refractivity contribution is -0.152. The molecule has 0 aliphatic carbocycles. The van der Waals surface area contributed by atoms with Gasteiger partial charge >= 0.3 is 5.97 Å². The molecular weight excluding hydrogens is 372 g/mol. The molecule has 0 spiro atoms. The smallest absolute Gasteiger partial charge is 0.336 e. The average Bonchev–Trinajstić information content (AvgIpc) is 2.47. The first-order valence-electron chi connectivity index (χ1n) is 8.44. The van der Waals surface area contributed by atoms with Crippen LogP contribution in [-0.4, -0.2) is 54.6 Å². The Hall–Kier alpha value is -0.710. The third-order valence-corrected chi connectivity index (χ3v) is 4.38. The van der Waals surface area contributed by atoms with Gasteiger partial charge in [-0.2, -0.15) is 16.8 Å². The highest BCUT2D eigenvalue weighted by Crippen LogP contribution is 2.11. The highest BCUT2D eigenvalue weighted by Gasteiger charge is 2.25. The Bertz CT molecular complexity index is 568. The van der Waals surface area contributed by atoms with Gasteiger partial charge in [0.15, 0.2) is 6.10 Å². The Labute approximate surface area is 151 Å². The summed E-state index contributed by atoms with van der Waals surface area (Å²) in [5.41, 5.74) is 0. The van der Waals surface area contributed by atoms with E-state index in [-0.39, 0.29) is 26.1 Å². The summed E-state index contributed by atoms with van der Waals surface area (Å²) >= 11 is 0. The van der Waals surface area contributed by atoms with Crippen LogP contribution in [0.2, 0.25) is 0 Å². The zero-order valence-electron chi connectivity index (χ0n) is 15.2. The number of carbonyl (C=O) groups is 1. The Balaban J connectivity index is 4.24. The van der Waals surface area contributed by atoms with E-state index >= 15 is 0 Å². The third kappa shape index (κ3) is 16.5. The fourth-order valence-corrected chi connectivity index (χ4v) is 3.06. The van der Waals surface area contributed by atoms with Gasteiger partial charge in [-0.15, -0.1) is 0 Å². The normalized spacial score (nSPS) is 13.6. The Morgan fingerprint density at radius 3 is 2.00 bits per heavy atom. The van der Waals surface area contributed by atoms with Crippen LogP contribution in [0.5, 0.6) is 0 Å². The SMILES string of the molecule is CCCCCCCCOC(=O)C(CCCOS(C)(=O)=O)OS(C)(=O)=O. The molecule has 0 bridgehead atoms. The fourth-order valence-electron chi connectivity index (χ4n) is 2.04. The van der Waals surface area contributed by atoms with Crippen LogP contribution in [0.4, 0.5) is 0 Å². The van der Waals surface area contributed by atoms with E-state index in [0.29, 0.717) is 6.42 Å². The summed E-state index contributed by atoms with van der Waals surface area (Å²) < 4.78 is 58.6. The summed E-state index contributed by atoms with van der Waals surface area (Å²) in [6, 6.07) is 0. The van der Waals surface area contributed by atoms with Gasteiger partial charge in [-0.05, 0) is 19.3 Å². The number of rotatable bonds is 15. The lowest BCUT2D eigenvalue weighted by Crippen LogP contribution is -2.29. The van der Waals surface area contributed by atoms with E-state index < -0.39 is 32.3 Å². The summed E-state index contributed by atoms with van der Waals surface area (Å²) in [6.45, 7) is 2.17. The number of unbranched alkanes of at least 4 members (excludes halogenated alkanes) is 5. The van der Waals surface area contributed by atoms with Gasteiger partial charge in [0, 0.05) is 0 Å². The molecule has 0 rings (SSSR count). The lowest BCUT2D eigenvalue weighted by Gasteiger charge is -2.15. The van der Waals surface area contributed by atoms with Gasteiger partial charge < -0.3 is 4.74 Å². The van der Waals surface area contributed by atoms with Crippen molar-refractivity contribution in [1.29, 1.82) is 0 Å². The molecule has 150 valence electrons. The zero-order chi connectivity index (χ0) is 19.3. The fraction of sp³-hybridized carbons (Fsp3) is 0.933. The Morgan fingerprint density at radius 1 is 0.840 bits per heavy atom. The van der Waals surface area contributed by atoms with Crippen molar-refractivity contribution >= 4 is 26.2 Å². The maximum Gasteiger partial charge on any atom is 0.336 e. The van der Waals surface area contributed by atoms with Gasteiger partial charge in [-0.3, -0.25) is 8.37 Å². The average molecular weight is 403 g/mol. The van der Waals surface area contributed by atoms with Gasteiger partial charge in [0.25, 0.3) is 20.2 Å². The van der Waals surface area contributed by atoms with Crippen LogP contribution >= 0.6 is 0 Å². The van der Waals surface area contributed by atoms with Crippen molar-refractivity contribution in [2.75, 3.05) is 25.7 Å². The van der Waals surface area contributed by atoms with E-state index in [4.69, 9.17) is 8.92 Å². The predicted octanol–water partition coefficient (Wildman–Crippen LogP) is 1.99. The van der Waals surface area contributed by atoms with Crippen molar-refractivity contribution in [3.8, 4) is 0 Å². The molecule has 0 aliphatic heterocycles.